The van der Waals surface area contributed by atoms with Gasteiger partial charge in [-0.2, -0.15) is 0 Å². The minimum absolute atomic E-state index is 0.0185. The van der Waals surface area contributed by atoms with E-state index >= 15 is 0 Å². The number of anilines is 2. The van der Waals surface area contributed by atoms with Gasteiger partial charge in [-0.25, -0.2) is 14.8 Å². The van der Waals surface area contributed by atoms with E-state index in [2.05, 4.69) is 9.97 Å². The highest BCUT2D eigenvalue weighted by Gasteiger charge is 2.23. The zero-order chi connectivity index (χ0) is 23.3. The van der Waals surface area contributed by atoms with Crippen LogP contribution in [-0.2, 0) is 13.6 Å². The third-order valence-electron chi connectivity index (χ3n) is 4.02. The molecule has 31 heavy (non-hydrogen) atoms. The largest absolute Gasteiger partial charge is 0.497 e. The van der Waals surface area contributed by atoms with E-state index in [1.807, 2.05) is 0 Å². The van der Waals surface area contributed by atoms with Crippen molar-refractivity contribution in [3.8, 4) is 11.5 Å². The number of nitrogens with two attached hydrogens (primary N) is 1. The monoisotopic (exact) mass is 431 g/mol. The van der Waals surface area contributed by atoms with Crippen molar-refractivity contribution in [1.29, 1.82) is 0 Å². The van der Waals surface area contributed by atoms with Gasteiger partial charge in [0, 0.05) is 24.7 Å². The second-order valence-electron chi connectivity index (χ2n) is 7.81. The molecule has 0 saturated heterocycles. The summed E-state index contributed by atoms with van der Waals surface area (Å²) in [5, 5.41) is 18.3. The van der Waals surface area contributed by atoms with Crippen LogP contribution in [0.3, 0.4) is 0 Å². The highest BCUT2D eigenvalue weighted by molar-refractivity contribution is 5.97. The Hall–Kier alpha value is -3.53. The molecule has 4 N–H and O–H groups in total. The van der Waals surface area contributed by atoms with Crippen LogP contribution in [0, 0.1) is 0 Å². The minimum Gasteiger partial charge on any atom is -0.497 e. The number of fused-ring (bicyclic) bond motifs is 1. The number of nitrogens with zero attached hydrogens (tertiary/aromatic N) is 4. The van der Waals surface area contributed by atoms with E-state index < -0.39 is 11.7 Å². The lowest BCUT2D eigenvalue weighted by atomic mass is 10.1. The van der Waals surface area contributed by atoms with Gasteiger partial charge in [-0.15, -0.1) is 0 Å². The zero-order valence-corrected chi connectivity index (χ0v) is 18.6. The number of imidazole rings is 1. The quantitative estimate of drug-likeness (QED) is 0.561. The molecule has 1 aromatic carbocycles. The number of carbonyl (C=O) groups is 1. The zero-order valence-electron chi connectivity index (χ0n) is 18.6. The summed E-state index contributed by atoms with van der Waals surface area (Å²) in [4.78, 5) is 21.5. The van der Waals surface area contributed by atoms with E-state index in [1.165, 1.54) is 7.11 Å². The van der Waals surface area contributed by atoms with Crippen LogP contribution in [0.25, 0.3) is 11.0 Å². The fraction of sp³-hybridized carbons (Fsp3) is 0.381. The average molecular weight is 431 g/mol. The number of aliphatic hydroxyl groups is 1. The van der Waals surface area contributed by atoms with E-state index in [0.717, 1.165) is 4.90 Å². The number of ether oxygens (including phenoxy) is 2. The highest BCUT2D eigenvalue weighted by atomic mass is 16.5. The lowest BCUT2D eigenvalue weighted by Gasteiger charge is -2.20. The summed E-state index contributed by atoms with van der Waals surface area (Å²) < 4.78 is 12.3. The van der Waals surface area contributed by atoms with Crippen LogP contribution in [-0.4, -0.2) is 50.7 Å². The van der Waals surface area contributed by atoms with Gasteiger partial charge in [0.25, 0.3) is 0 Å². The molecule has 3 aromatic rings. The molecule has 2 heterocycles. The molecular formula is C21H29N5O5. The summed E-state index contributed by atoms with van der Waals surface area (Å²) in [7, 11) is 4.86. The second-order valence-corrected chi connectivity index (χ2v) is 7.81. The van der Waals surface area contributed by atoms with E-state index in [9.17, 15) is 9.90 Å². The number of carboxylic acid groups (broad SMARTS) is 1. The Morgan fingerprint density at radius 2 is 1.87 bits per heavy atom. The van der Waals surface area contributed by atoms with E-state index in [0.29, 0.717) is 28.1 Å². The lowest BCUT2D eigenvalue weighted by Crippen LogP contribution is -2.30. The van der Waals surface area contributed by atoms with Crippen molar-refractivity contribution in [2.45, 2.75) is 32.9 Å². The topological polar surface area (TPSA) is 136 Å². The smallest absolute Gasteiger partial charge is 0.413 e. The summed E-state index contributed by atoms with van der Waals surface area (Å²) in [6, 6.07) is 6.83. The van der Waals surface area contributed by atoms with Crippen molar-refractivity contribution in [2.24, 2.45) is 7.05 Å². The Morgan fingerprint density at radius 3 is 2.42 bits per heavy atom. The first-order valence-electron chi connectivity index (χ1n) is 9.46. The molecule has 0 bridgehead atoms. The van der Waals surface area contributed by atoms with Gasteiger partial charge in [0.05, 0.1) is 38.2 Å². The maximum absolute atomic E-state index is 11.9. The van der Waals surface area contributed by atoms with Gasteiger partial charge in [-0.3, -0.25) is 4.90 Å². The first-order valence-corrected chi connectivity index (χ1v) is 9.46. The predicted octanol–water partition coefficient (Wildman–Crippen LogP) is 3.03. The Morgan fingerprint density at radius 1 is 1.23 bits per heavy atom. The van der Waals surface area contributed by atoms with Crippen molar-refractivity contribution in [1.82, 2.24) is 14.5 Å². The fourth-order valence-corrected chi connectivity index (χ4v) is 2.70. The van der Waals surface area contributed by atoms with Crippen LogP contribution in [0.15, 0.2) is 30.6 Å². The average Bonchev–Trinajstić information content (AvgIpc) is 3.04. The summed E-state index contributed by atoms with van der Waals surface area (Å²) in [6.45, 7) is 5.25. The number of methoxy groups -OCH3 is 2. The molecule has 2 aromatic heterocycles. The van der Waals surface area contributed by atoms with Crippen LogP contribution in [0.1, 0.15) is 26.3 Å². The molecule has 0 fully saturated rings. The Labute approximate surface area is 180 Å². The SMILES string of the molecule is CC(C)(C)O.COc1ccc(CN(C(=O)O)c2nc(N)cc3c2ncn3C)c(OC)c1. The fourth-order valence-electron chi connectivity index (χ4n) is 2.70. The van der Waals surface area contributed by atoms with Crippen LogP contribution >= 0.6 is 0 Å². The molecule has 0 radical (unpaired) electrons. The second kappa shape index (κ2) is 9.52. The first-order chi connectivity index (χ1) is 14.4. The summed E-state index contributed by atoms with van der Waals surface area (Å²) in [5.41, 5.74) is 7.17. The molecule has 0 unspecified atom stereocenters. The van der Waals surface area contributed by atoms with Crippen molar-refractivity contribution in [3.05, 3.63) is 36.2 Å². The molecule has 3 rings (SSSR count). The molecule has 0 spiro atoms. The third kappa shape index (κ3) is 6.22. The number of hydrogen-bond donors (Lipinski definition) is 3. The summed E-state index contributed by atoms with van der Waals surface area (Å²) >= 11 is 0. The van der Waals surface area contributed by atoms with Gasteiger partial charge >= 0.3 is 6.09 Å². The molecule has 0 saturated carbocycles. The number of amides is 1. The predicted molar refractivity (Wildman–Crippen MR) is 119 cm³/mol. The molecular weight excluding hydrogens is 402 g/mol. The maximum atomic E-state index is 11.9. The van der Waals surface area contributed by atoms with Gasteiger partial charge in [0.2, 0.25) is 0 Å². The third-order valence-corrected chi connectivity index (χ3v) is 4.02. The van der Waals surface area contributed by atoms with Crippen LogP contribution in [0.4, 0.5) is 16.4 Å². The molecule has 168 valence electrons. The molecule has 0 aliphatic carbocycles. The highest BCUT2D eigenvalue weighted by Crippen LogP contribution is 2.30. The Bertz CT molecular complexity index is 1050. The van der Waals surface area contributed by atoms with Crippen LogP contribution in [0.2, 0.25) is 0 Å². The van der Waals surface area contributed by atoms with Crippen molar-refractivity contribution in [2.75, 3.05) is 24.9 Å². The van der Waals surface area contributed by atoms with Gasteiger partial charge in [0.1, 0.15) is 22.8 Å². The van der Waals surface area contributed by atoms with Crippen molar-refractivity contribution >= 4 is 28.8 Å². The lowest BCUT2D eigenvalue weighted by molar-refractivity contribution is 0.102. The van der Waals surface area contributed by atoms with Crippen LogP contribution < -0.4 is 20.1 Å². The van der Waals surface area contributed by atoms with Gasteiger partial charge in [-0.1, -0.05) is 0 Å². The maximum Gasteiger partial charge on any atom is 0.413 e. The molecule has 0 atom stereocenters. The molecule has 10 nitrogen and oxygen atoms in total. The molecule has 0 aliphatic rings. The number of rotatable bonds is 5. The Kier molecular flexibility index (Phi) is 7.29. The number of hydrogen-bond acceptors (Lipinski definition) is 7. The summed E-state index contributed by atoms with van der Waals surface area (Å²) in [6.07, 6.45) is 0.413. The number of nitrogen functional groups attached to an aromatic ring is 1. The first kappa shape index (κ1) is 23.7. The number of benzene rings is 1. The summed E-state index contributed by atoms with van der Waals surface area (Å²) in [5.74, 6) is 1.51. The number of aryl methyl sites for hydroxylation is 1. The van der Waals surface area contributed by atoms with Crippen molar-refractivity contribution in [3.63, 3.8) is 0 Å². The number of aromatic nitrogens is 3. The van der Waals surface area contributed by atoms with Crippen molar-refractivity contribution < 1.29 is 24.5 Å². The molecule has 1 amide bonds. The van der Waals surface area contributed by atoms with Gasteiger partial charge in [-0.05, 0) is 32.9 Å². The molecule has 10 heteroatoms. The Balaban J connectivity index is 0.000000614. The van der Waals surface area contributed by atoms with E-state index in [4.69, 9.17) is 20.3 Å². The van der Waals surface area contributed by atoms with Gasteiger partial charge < -0.3 is 30.0 Å². The van der Waals surface area contributed by atoms with E-state index in [1.54, 1.807) is 70.1 Å². The van der Waals surface area contributed by atoms with Gasteiger partial charge in [0.15, 0.2) is 5.82 Å². The molecule has 0 aliphatic heterocycles. The minimum atomic E-state index is -1.17. The number of pyridine rings is 1. The van der Waals surface area contributed by atoms with Crippen LogP contribution in [0.5, 0.6) is 11.5 Å². The van der Waals surface area contributed by atoms with E-state index in [-0.39, 0.29) is 18.2 Å². The standard InChI is InChI=1S/C17H19N5O4.C4H10O/c1-21-9-19-15-12(21)7-14(18)20-16(15)22(17(23)24)8-10-4-5-11(25-2)6-13(10)26-3;1-4(2,3)5/h4-7,9H,8H2,1-3H3,(H2,18,20)(H,23,24);5H,1-3H3. The normalized spacial score (nSPS) is 10.9.